The molecule has 0 spiro atoms. The summed E-state index contributed by atoms with van der Waals surface area (Å²) in [5, 5.41) is 13.6. The molecule has 32 heavy (non-hydrogen) atoms. The summed E-state index contributed by atoms with van der Waals surface area (Å²) in [6, 6.07) is 3.87. The van der Waals surface area contributed by atoms with Gasteiger partial charge in [-0.25, -0.2) is 14.6 Å². The molecule has 4 heterocycles. The van der Waals surface area contributed by atoms with Crippen LogP contribution < -0.4 is 11.1 Å². The summed E-state index contributed by atoms with van der Waals surface area (Å²) in [6.45, 7) is 0. The lowest BCUT2D eigenvalue weighted by molar-refractivity contribution is -0.143. The van der Waals surface area contributed by atoms with E-state index in [-0.39, 0.29) is 33.2 Å². The Morgan fingerprint density at radius 2 is 1.75 bits per heavy atom. The second-order valence-electron chi connectivity index (χ2n) is 6.16. The average Bonchev–Trinajstić information content (AvgIpc) is 3.39. The molecule has 0 fully saturated rings. The smallest absolute Gasteiger partial charge is 0.384 e. The molecule has 0 aromatic carbocycles. The van der Waals surface area contributed by atoms with Crippen LogP contribution in [0.2, 0.25) is 10.0 Å². The van der Waals surface area contributed by atoms with Gasteiger partial charge in [-0.05, 0) is 18.2 Å². The number of nitrogens with zero attached hydrogens (tertiary/aromatic N) is 7. The Morgan fingerprint density at radius 3 is 2.41 bits per heavy atom. The number of aromatic nitrogens is 7. The molecule has 10 nitrogen and oxygen atoms in total. The number of alkyl halides is 3. The minimum atomic E-state index is -4.97. The molecule has 0 atom stereocenters. The van der Waals surface area contributed by atoms with Crippen LogP contribution in [0.25, 0.3) is 11.6 Å². The Balaban J connectivity index is 1.70. The number of anilines is 2. The van der Waals surface area contributed by atoms with E-state index in [1.807, 2.05) is 0 Å². The van der Waals surface area contributed by atoms with E-state index in [1.54, 1.807) is 0 Å². The van der Waals surface area contributed by atoms with Crippen LogP contribution in [0.5, 0.6) is 0 Å². The predicted octanol–water partition coefficient (Wildman–Crippen LogP) is 3.40. The summed E-state index contributed by atoms with van der Waals surface area (Å²) >= 11 is 12.1. The van der Waals surface area contributed by atoms with E-state index in [2.05, 4.69) is 30.6 Å². The summed E-state index contributed by atoms with van der Waals surface area (Å²) in [5.74, 6) is -1.39. The molecular formula is C17H10Cl2F3N9O. The first-order valence-corrected chi connectivity index (χ1v) is 9.32. The lowest BCUT2D eigenvalue weighted by Crippen LogP contribution is -2.21. The van der Waals surface area contributed by atoms with Crippen molar-refractivity contribution in [1.82, 2.24) is 34.7 Å². The number of hydrogen-bond donors (Lipinski definition) is 2. The Morgan fingerprint density at radius 1 is 1.03 bits per heavy atom. The zero-order valence-electron chi connectivity index (χ0n) is 15.5. The molecule has 0 saturated heterocycles. The molecule has 0 saturated carbocycles. The van der Waals surface area contributed by atoms with Crippen molar-refractivity contribution in [3.8, 4) is 11.6 Å². The van der Waals surface area contributed by atoms with Crippen molar-refractivity contribution in [1.29, 1.82) is 0 Å². The van der Waals surface area contributed by atoms with E-state index in [4.69, 9.17) is 28.9 Å². The Kier molecular flexibility index (Phi) is 5.44. The maximum Gasteiger partial charge on any atom is 0.434 e. The number of nitrogen functional groups attached to an aromatic ring is 1. The molecule has 0 unspecified atom stereocenters. The molecule has 0 radical (unpaired) electrons. The predicted molar refractivity (Wildman–Crippen MR) is 108 cm³/mol. The number of carbonyl (C=O) groups excluding carboxylic acids is 1. The molecule has 1 amide bonds. The Hall–Kier alpha value is -3.71. The van der Waals surface area contributed by atoms with Crippen LogP contribution >= 0.6 is 23.2 Å². The van der Waals surface area contributed by atoms with Crippen LogP contribution in [0.3, 0.4) is 0 Å². The maximum atomic E-state index is 13.8. The van der Waals surface area contributed by atoms with Gasteiger partial charge in [0.05, 0.1) is 46.1 Å². The molecular weight excluding hydrogens is 474 g/mol. The van der Waals surface area contributed by atoms with E-state index >= 15 is 0 Å². The van der Waals surface area contributed by atoms with Gasteiger partial charge in [0, 0.05) is 0 Å². The number of carbonyl (C=O) groups is 1. The lowest BCUT2D eigenvalue weighted by Gasteiger charge is -2.13. The minimum absolute atomic E-state index is 0.0388. The van der Waals surface area contributed by atoms with Gasteiger partial charge >= 0.3 is 6.18 Å². The van der Waals surface area contributed by atoms with Crippen LogP contribution in [-0.2, 0) is 6.18 Å². The SMILES string of the molecule is Nc1ccc(Cl)c(-n2ncc(C(=O)Nc3cnc(-n4nccn4)c(Cl)c3)c2C(F)(F)F)n1. The second-order valence-corrected chi connectivity index (χ2v) is 6.97. The monoisotopic (exact) mass is 483 g/mol. The van der Waals surface area contributed by atoms with E-state index in [0.717, 1.165) is 11.0 Å². The van der Waals surface area contributed by atoms with Gasteiger partial charge in [0.15, 0.2) is 17.3 Å². The number of amides is 1. The highest BCUT2D eigenvalue weighted by Gasteiger charge is 2.41. The molecule has 3 N–H and O–H groups in total. The highest BCUT2D eigenvalue weighted by atomic mass is 35.5. The highest BCUT2D eigenvalue weighted by molar-refractivity contribution is 6.32. The number of nitrogens with two attached hydrogens (primary N) is 1. The zero-order valence-corrected chi connectivity index (χ0v) is 17.1. The molecule has 0 aliphatic heterocycles. The van der Waals surface area contributed by atoms with Crippen LogP contribution in [0, 0.1) is 0 Å². The molecule has 0 aliphatic carbocycles. The van der Waals surface area contributed by atoms with Gasteiger partial charge in [-0.1, -0.05) is 23.2 Å². The highest BCUT2D eigenvalue weighted by Crippen LogP contribution is 2.35. The maximum absolute atomic E-state index is 13.8. The molecule has 4 rings (SSSR count). The standard InChI is InChI=1S/C17H10Cl2F3N9O/c18-10-1-2-12(23)29-15(10)30-13(17(20,21)22)9(7-27-30)16(32)28-8-5-11(19)14(24-6-8)31-25-3-4-26-31/h1-7H,(H2,23,29)(H,28,32). The van der Waals surface area contributed by atoms with Crippen molar-refractivity contribution in [3.63, 3.8) is 0 Å². The van der Waals surface area contributed by atoms with Crippen molar-refractivity contribution in [2.45, 2.75) is 6.18 Å². The Bertz CT molecular complexity index is 1310. The Labute approximate surface area is 186 Å². The average molecular weight is 484 g/mol. The fraction of sp³-hybridized carbons (Fsp3) is 0.0588. The number of hydrogen-bond acceptors (Lipinski definition) is 7. The number of rotatable bonds is 4. The van der Waals surface area contributed by atoms with Crippen molar-refractivity contribution in [2.24, 2.45) is 0 Å². The first-order chi connectivity index (χ1) is 15.1. The first-order valence-electron chi connectivity index (χ1n) is 8.56. The van der Waals surface area contributed by atoms with Gasteiger partial charge in [-0.2, -0.15) is 28.5 Å². The molecule has 164 valence electrons. The summed E-state index contributed by atoms with van der Waals surface area (Å²) in [5.41, 5.74) is 3.44. The minimum Gasteiger partial charge on any atom is -0.384 e. The number of pyridine rings is 2. The normalized spacial score (nSPS) is 11.5. The van der Waals surface area contributed by atoms with Crippen LogP contribution in [0.1, 0.15) is 16.1 Å². The van der Waals surface area contributed by atoms with Crippen LogP contribution in [0.15, 0.2) is 43.0 Å². The summed E-state index contributed by atoms with van der Waals surface area (Å²) in [4.78, 5) is 21.6. The van der Waals surface area contributed by atoms with Crippen LogP contribution in [-0.4, -0.2) is 40.6 Å². The van der Waals surface area contributed by atoms with E-state index in [0.29, 0.717) is 4.68 Å². The fourth-order valence-corrected chi connectivity index (χ4v) is 3.14. The van der Waals surface area contributed by atoms with Crippen molar-refractivity contribution >= 4 is 40.6 Å². The van der Waals surface area contributed by atoms with Gasteiger partial charge in [0.25, 0.3) is 5.91 Å². The summed E-state index contributed by atoms with van der Waals surface area (Å²) in [6.07, 6.45) is -0.214. The third kappa shape index (κ3) is 4.07. The fourth-order valence-electron chi connectivity index (χ4n) is 2.71. The topological polar surface area (TPSA) is 129 Å². The second kappa shape index (κ2) is 8.09. The van der Waals surface area contributed by atoms with Crippen LogP contribution in [0.4, 0.5) is 24.7 Å². The number of halogens is 5. The van der Waals surface area contributed by atoms with E-state index in [1.165, 1.54) is 36.8 Å². The van der Waals surface area contributed by atoms with Gasteiger partial charge < -0.3 is 11.1 Å². The van der Waals surface area contributed by atoms with Crippen molar-refractivity contribution in [2.75, 3.05) is 11.1 Å². The summed E-state index contributed by atoms with van der Waals surface area (Å²) in [7, 11) is 0. The third-order valence-electron chi connectivity index (χ3n) is 4.02. The van der Waals surface area contributed by atoms with Gasteiger partial charge in [-0.15, -0.1) is 4.80 Å². The largest absolute Gasteiger partial charge is 0.434 e. The summed E-state index contributed by atoms with van der Waals surface area (Å²) < 4.78 is 41.9. The molecule has 0 aliphatic rings. The third-order valence-corrected chi connectivity index (χ3v) is 4.59. The van der Waals surface area contributed by atoms with Gasteiger partial charge in [0.2, 0.25) is 0 Å². The first kappa shape index (κ1) is 21.5. The molecule has 15 heteroatoms. The number of nitrogens with one attached hydrogen (secondary N) is 1. The van der Waals surface area contributed by atoms with E-state index in [9.17, 15) is 18.0 Å². The van der Waals surface area contributed by atoms with E-state index < -0.39 is 23.3 Å². The molecule has 4 aromatic heterocycles. The van der Waals surface area contributed by atoms with Crippen molar-refractivity contribution < 1.29 is 18.0 Å². The van der Waals surface area contributed by atoms with Crippen molar-refractivity contribution in [3.05, 3.63) is 64.3 Å². The lowest BCUT2D eigenvalue weighted by atomic mass is 10.2. The quantitative estimate of drug-likeness (QED) is 0.454. The van der Waals surface area contributed by atoms with Gasteiger partial charge in [-0.3, -0.25) is 4.79 Å². The van der Waals surface area contributed by atoms with Gasteiger partial charge in [0.1, 0.15) is 5.82 Å². The molecule has 4 aromatic rings. The molecule has 0 bridgehead atoms. The zero-order chi connectivity index (χ0) is 23.0.